The molecule has 0 bridgehead atoms. The van der Waals surface area contributed by atoms with E-state index in [1.165, 1.54) is 0 Å². The first-order valence-corrected chi connectivity index (χ1v) is 6.11. The molecule has 1 saturated carbocycles. The van der Waals surface area contributed by atoms with Crippen molar-refractivity contribution in [3.05, 3.63) is 29.8 Å². The molecule has 1 heterocycles. The minimum atomic E-state index is -0.917. The standard InChI is InChI=1S/C13H12F2N2O2/c14-8-2-3-10(9(15)6-8)17-11(18)13(4-1-5-13)7-16-12(17)19/h2-3,6H,1,4-5,7H2,(H,16,19). The summed E-state index contributed by atoms with van der Waals surface area (Å²) in [5.41, 5.74) is -0.802. The Kier molecular flexibility index (Phi) is 2.55. The van der Waals surface area contributed by atoms with E-state index in [1.54, 1.807) is 0 Å². The van der Waals surface area contributed by atoms with E-state index in [9.17, 15) is 18.4 Å². The van der Waals surface area contributed by atoms with Gasteiger partial charge in [-0.05, 0) is 25.0 Å². The highest BCUT2D eigenvalue weighted by Crippen LogP contribution is 2.44. The van der Waals surface area contributed by atoms with Gasteiger partial charge in [0.2, 0.25) is 5.91 Å². The van der Waals surface area contributed by atoms with Crippen LogP contribution in [0.25, 0.3) is 0 Å². The first-order valence-electron chi connectivity index (χ1n) is 6.11. The van der Waals surface area contributed by atoms with Gasteiger partial charge in [0, 0.05) is 12.6 Å². The van der Waals surface area contributed by atoms with Crippen molar-refractivity contribution in [2.45, 2.75) is 19.3 Å². The second-order valence-corrected chi connectivity index (χ2v) is 5.03. The summed E-state index contributed by atoms with van der Waals surface area (Å²) in [6.45, 7) is 0.296. The lowest BCUT2D eigenvalue weighted by Crippen LogP contribution is -2.63. The van der Waals surface area contributed by atoms with Crippen LogP contribution in [0, 0.1) is 17.0 Å². The molecule has 3 amide bonds. The van der Waals surface area contributed by atoms with E-state index in [4.69, 9.17) is 0 Å². The Bertz CT molecular complexity index is 570. The molecule has 0 radical (unpaired) electrons. The molecule has 1 aromatic carbocycles. The van der Waals surface area contributed by atoms with Gasteiger partial charge >= 0.3 is 6.03 Å². The zero-order valence-corrected chi connectivity index (χ0v) is 10.1. The lowest BCUT2D eigenvalue weighted by Gasteiger charge is -2.46. The number of anilines is 1. The third kappa shape index (κ3) is 1.70. The smallest absolute Gasteiger partial charge is 0.328 e. The highest BCUT2D eigenvalue weighted by atomic mass is 19.1. The molecule has 0 unspecified atom stereocenters. The summed E-state index contributed by atoms with van der Waals surface area (Å²) in [6, 6.07) is 2.15. The summed E-state index contributed by atoms with van der Waals surface area (Å²) in [6.07, 6.45) is 2.29. The number of carbonyl (C=O) groups excluding carboxylic acids is 2. The maximum absolute atomic E-state index is 13.7. The van der Waals surface area contributed by atoms with Crippen LogP contribution >= 0.6 is 0 Å². The minimum Gasteiger partial charge on any atom is -0.336 e. The number of nitrogens with zero attached hydrogens (tertiary/aromatic N) is 1. The zero-order valence-electron chi connectivity index (χ0n) is 10.1. The van der Waals surface area contributed by atoms with E-state index in [0.29, 0.717) is 25.5 Å². The van der Waals surface area contributed by atoms with Crippen LogP contribution < -0.4 is 10.2 Å². The molecule has 1 spiro atoms. The van der Waals surface area contributed by atoms with Crippen LogP contribution in [0.2, 0.25) is 0 Å². The van der Waals surface area contributed by atoms with Gasteiger partial charge in [-0.15, -0.1) is 0 Å². The minimum absolute atomic E-state index is 0.199. The molecular weight excluding hydrogens is 254 g/mol. The number of nitrogens with one attached hydrogen (secondary N) is 1. The van der Waals surface area contributed by atoms with Gasteiger partial charge in [0.05, 0.1) is 11.1 Å². The summed E-state index contributed by atoms with van der Waals surface area (Å²) < 4.78 is 26.6. The van der Waals surface area contributed by atoms with E-state index in [2.05, 4.69) is 5.32 Å². The monoisotopic (exact) mass is 266 g/mol. The van der Waals surface area contributed by atoms with Gasteiger partial charge in [-0.3, -0.25) is 4.79 Å². The highest BCUT2D eigenvalue weighted by molar-refractivity contribution is 6.18. The fraction of sp³-hybridized carbons (Fsp3) is 0.385. The van der Waals surface area contributed by atoms with Crippen molar-refractivity contribution in [2.24, 2.45) is 5.41 Å². The van der Waals surface area contributed by atoms with Crippen LogP contribution in [-0.2, 0) is 4.79 Å². The van der Waals surface area contributed by atoms with E-state index in [-0.39, 0.29) is 5.69 Å². The fourth-order valence-electron chi connectivity index (χ4n) is 2.60. The van der Waals surface area contributed by atoms with Gasteiger partial charge in [-0.25, -0.2) is 18.5 Å². The SMILES string of the molecule is O=C1NCC2(CCC2)C(=O)N1c1ccc(F)cc1F. The number of benzene rings is 1. The molecule has 1 aromatic rings. The Hall–Kier alpha value is -1.98. The van der Waals surface area contributed by atoms with Crippen LogP contribution in [0.1, 0.15) is 19.3 Å². The van der Waals surface area contributed by atoms with Gasteiger partial charge in [-0.1, -0.05) is 6.42 Å². The quantitative estimate of drug-likeness (QED) is 0.847. The van der Waals surface area contributed by atoms with Crippen molar-refractivity contribution >= 4 is 17.6 Å². The molecule has 2 fully saturated rings. The van der Waals surface area contributed by atoms with Crippen molar-refractivity contribution in [3.8, 4) is 0 Å². The molecule has 2 aliphatic rings. The van der Waals surface area contributed by atoms with Crippen molar-refractivity contribution in [1.82, 2.24) is 5.32 Å². The first kappa shape index (κ1) is 12.1. The molecule has 19 heavy (non-hydrogen) atoms. The number of halogens is 2. The molecule has 0 atom stereocenters. The molecule has 100 valence electrons. The number of amides is 3. The third-order valence-electron chi connectivity index (χ3n) is 3.90. The predicted molar refractivity (Wildman–Crippen MR) is 63.5 cm³/mol. The van der Waals surface area contributed by atoms with Crippen molar-refractivity contribution in [3.63, 3.8) is 0 Å². The summed E-state index contributed by atoms with van der Waals surface area (Å²) in [5.74, 6) is -2.06. The third-order valence-corrected chi connectivity index (χ3v) is 3.90. The predicted octanol–water partition coefficient (Wildman–Crippen LogP) is 2.19. The number of urea groups is 1. The normalized spacial score (nSPS) is 21.3. The second-order valence-electron chi connectivity index (χ2n) is 5.03. The summed E-state index contributed by atoms with van der Waals surface area (Å²) in [4.78, 5) is 25.0. The molecule has 4 nitrogen and oxygen atoms in total. The fourth-order valence-corrected chi connectivity index (χ4v) is 2.60. The Morgan fingerprint density at radius 3 is 2.53 bits per heavy atom. The number of hydrogen-bond donors (Lipinski definition) is 1. The molecular formula is C13H12F2N2O2. The number of rotatable bonds is 1. The zero-order chi connectivity index (χ0) is 13.6. The average molecular weight is 266 g/mol. The Morgan fingerprint density at radius 1 is 1.21 bits per heavy atom. The molecule has 1 aliphatic heterocycles. The van der Waals surface area contributed by atoms with E-state index in [1.807, 2.05) is 0 Å². The van der Waals surface area contributed by atoms with Crippen molar-refractivity contribution in [2.75, 3.05) is 11.4 Å². The van der Waals surface area contributed by atoms with Crippen LogP contribution in [0.4, 0.5) is 19.3 Å². The summed E-state index contributed by atoms with van der Waals surface area (Å²) in [5, 5.41) is 2.60. The summed E-state index contributed by atoms with van der Waals surface area (Å²) in [7, 11) is 0. The molecule has 1 aliphatic carbocycles. The number of imide groups is 1. The molecule has 3 rings (SSSR count). The van der Waals surface area contributed by atoms with Gasteiger partial charge in [0.25, 0.3) is 0 Å². The van der Waals surface area contributed by atoms with Crippen LogP contribution in [0.15, 0.2) is 18.2 Å². The van der Waals surface area contributed by atoms with Gasteiger partial charge in [0.1, 0.15) is 11.6 Å². The Labute approximate surface area is 108 Å². The lowest BCUT2D eigenvalue weighted by atomic mass is 9.67. The van der Waals surface area contributed by atoms with Crippen LogP contribution in [0.3, 0.4) is 0 Å². The van der Waals surface area contributed by atoms with E-state index >= 15 is 0 Å². The molecule has 1 N–H and O–H groups in total. The van der Waals surface area contributed by atoms with Gasteiger partial charge in [0.15, 0.2) is 0 Å². The maximum Gasteiger partial charge on any atom is 0.328 e. The number of carbonyl (C=O) groups is 2. The van der Waals surface area contributed by atoms with E-state index < -0.39 is 29.0 Å². The molecule has 0 aromatic heterocycles. The highest BCUT2D eigenvalue weighted by Gasteiger charge is 2.51. The van der Waals surface area contributed by atoms with Crippen molar-refractivity contribution < 1.29 is 18.4 Å². The lowest BCUT2D eigenvalue weighted by molar-refractivity contribution is -0.133. The van der Waals surface area contributed by atoms with E-state index in [0.717, 1.165) is 23.5 Å². The topological polar surface area (TPSA) is 49.4 Å². The average Bonchev–Trinajstić information content (AvgIpc) is 2.30. The largest absolute Gasteiger partial charge is 0.336 e. The summed E-state index contributed by atoms with van der Waals surface area (Å²) >= 11 is 0. The van der Waals surface area contributed by atoms with Crippen molar-refractivity contribution in [1.29, 1.82) is 0 Å². The Balaban J connectivity index is 2.01. The van der Waals surface area contributed by atoms with Crippen LogP contribution in [0.5, 0.6) is 0 Å². The Morgan fingerprint density at radius 2 is 1.95 bits per heavy atom. The number of hydrogen-bond acceptors (Lipinski definition) is 2. The van der Waals surface area contributed by atoms with Gasteiger partial charge < -0.3 is 5.32 Å². The first-order chi connectivity index (χ1) is 9.03. The maximum atomic E-state index is 13.7. The second kappa shape index (κ2) is 4.01. The molecule has 6 heteroatoms. The van der Waals surface area contributed by atoms with Gasteiger partial charge in [-0.2, -0.15) is 0 Å². The van der Waals surface area contributed by atoms with Crippen LogP contribution in [-0.4, -0.2) is 18.5 Å². The molecule has 1 saturated heterocycles.